The molecule has 1 N–H and O–H groups in total. The minimum absolute atomic E-state index is 0.0345. The van der Waals surface area contributed by atoms with Gasteiger partial charge in [0.05, 0.1) is 11.6 Å². The smallest absolute Gasteiger partial charge is 0.227 e. The quantitative estimate of drug-likeness (QED) is 0.920. The standard InChI is InChI=1S/C18H21FN2O2/c1-11(16-12(2)21-23-13(16)3)17(22)20-10-18(8-9-18)14-4-6-15(19)7-5-14/h4-7,11H,8-10H2,1-3H3,(H,20,22). The first-order valence-corrected chi connectivity index (χ1v) is 7.89. The molecule has 1 atom stereocenters. The Labute approximate surface area is 135 Å². The first kappa shape index (κ1) is 15.7. The van der Waals surface area contributed by atoms with Crippen molar-refractivity contribution in [1.82, 2.24) is 10.5 Å². The molecule has 0 spiro atoms. The van der Waals surface area contributed by atoms with Crippen LogP contribution in [0.15, 0.2) is 28.8 Å². The molecular formula is C18H21FN2O2. The maximum atomic E-state index is 13.1. The highest BCUT2D eigenvalue weighted by Crippen LogP contribution is 2.47. The number of nitrogens with one attached hydrogen (secondary N) is 1. The Morgan fingerprint density at radius 2 is 2.00 bits per heavy atom. The summed E-state index contributed by atoms with van der Waals surface area (Å²) in [5.74, 6) is 0.114. The number of carbonyl (C=O) groups excluding carboxylic acids is 1. The van der Waals surface area contributed by atoms with Crippen molar-refractivity contribution in [3.05, 3.63) is 52.7 Å². The van der Waals surface area contributed by atoms with Crippen molar-refractivity contribution in [3.8, 4) is 0 Å². The Hall–Kier alpha value is -2.17. The normalized spacial score (nSPS) is 16.9. The Morgan fingerprint density at radius 3 is 2.52 bits per heavy atom. The maximum Gasteiger partial charge on any atom is 0.227 e. The number of halogens is 1. The lowest BCUT2D eigenvalue weighted by Crippen LogP contribution is -2.35. The van der Waals surface area contributed by atoms with Gasteiger partial charge in [-0.2, -0.15) is 0 Å². The van der Waals surface area contributed by atoms with E-state index < -0.39 is 0 Å². The highest BCUT2D eigenvalue weighted by molar-refractivity contribution is 5.83. The van der Waals surface area contributed by atoms with Crippen molar-refractivity contribution in [2.45, 2.75) is 44.9 Å². The van der Waals surface area contributed by atoms with Crippen molar-refractivity contribution >= 4 is 5.91 Å². The van der Waals surface area contributed by atoms with Crippen LogP contribution in [0.4, 0.5) is 4.39 Å². The lowest BCUT2D eigenvalue weighted by molar-refractivity contribution is -0.122. The van der Waals surface area contributed by atoms with Gasteiger partial charge in [0.2, 0.25) is 5.91 Å². The van der Waals surface area contributed by atoms with Gasteiger partial charge in [-0.1, -0.05) is 17.3 Å². The van der Waals surface area contributed by atoms with Gasteiger partial charge in [-0.15, -0.1) is 0 Å². The summed E-state index contributed by atoms with van der Waals surface area (Å²) >= 11 is 0. The number of aromatic nitrogens is 1. The number of rotatable bonds is 5. The summed E-state index contributed by atoms with van der Waals surface area (Å²) in [6.07, 6.45) is 2.03. The predicted octanol–water partition coefficient (Wildman–Crippen LogP) is 3.38. The Balaban J connectivity index is 1.66. The molecule has 0 radical (unpaired) electrons. The first-order valence-electron chi connectivity index (χ1n) is 7.89. The summed E-state index contributed by atoms with van der Waals surface area (Å²) in [5, 5.41) is 6.95. The molecule has 1 fully saturated rings. The molecule has 1 amide bonds. The van der Waals surface area contributed by atoms with Crippen molar-refractivity contribution < 1.29 is 13.7 Å². The summed E-state index contributed by atoms with van der Waals surface area (Å²) < 4.78 is 18.2. The van der Waals surface area contributed by atoms with Crippen LogP contribution in [0.1, 0.15) is 48.3 Å². The SMILES string of the molecule is Cc1noc(C)c1C(C)C(=O)NCC1(c2ccc(F)cc2)CC1. The maximum absolute atomic E-state index is 13.1. The van der Waals surface area contributed by atoms with Crippen molar-refractivity contribution in [1.29, 1.82) is 0 Å². The Kier molecular flexibility index (Phi) is 3.96. The van der Waals surface area contributed by atoms with Crippen LogP contribution in [0.2, 0.25) is 0 Å². The van der Waals surface area contributed by atoms with Gasteiger partial charge >= 0.3 is 0 Å². The van der Waals surface area contributed by atoms with Gasteiger partial charge in [-0.05, 0) is 51.3 Å². The fourth-order valence-corrected chi connectivity index (χ4v) is 3.17. The molecule has 1 unspecified atom stereocenters. The van der Waals surface area contributed by atoms with Crippen LogP contribution in [0.5, 0.6) is 0 Å². The Bertz CT molecular complexity index is 698. The van der Waals surface area contributed by atoms with E-state index in [4.69, 9.17) is 4.52 Å². The molecule has 1 saturated carbocycles. The number of carbonyl (C=O) groups is 1. The van der Waals surface area contributed by atoms with Crippen LogP contribution in [0.25, 0.3) is 0 Å². The van der Waals surface area contributed by atoms with E-state index >= 15 is 0 Å². The van der Waals surface area contributed by atoms with E-state index in [1.54, 1.807) is 0 Å². The zero-order valence-corrected chi connectivity index (χ0v) is 13.6. The van der Waals surface area contributed by atoms with Crippen LogP contribution < -0.4 is 5.32 Å². The molecular weight excluding hydrogens is 295 g/mol. The number of hydrogen-bond acceptors (Lipinski definition) is 3. The first-order chi connectivity index (χ1) is 10.9. The van der Waals surface area contributed by atoms with E-state index in [0.717, 1.165) is 29.7 Å². The predicted molar refractivity (Wildman–Crippen MR) is 84.7 cm³/mol. The highest BCUT2D eigenvalue weighted by atomic mass is 19.1. The number of hydrogen-bond donors (Lipinski definition) is 1. The molecule has 0 saturated heterocycles. The third-order valence-electron chi connectivity index (χ3n) is 4.83. The van der Waals surface area contributed by atoms with E-state index in [2.05, 4.69) is 10.5 Å². The number of benzene rings is 1. The van der Waals surface area contributed by atoms with Gasteiger partial charge in [0.1, 0.15) is 11.6 Å². The third kappa shape index (κ3) is 3.00. The van der Waals surface area contributed by atoms with E-state index in [9.17, 15) is 9.18 Å². The third-order valence-corrected chi connectivity index (χ3v) is 4.83. The molecule has 1 aliphatic carbocycles. The molecule has 1 aliphatic rings. The summed E-state index contributed by atoms with van der Waals surface area (Å²) in [7, 11) is 0. The van der Waals surface area contributed by atoms with Crippen LogP contribution in [0.3, 0.4) is 0 Å². The lowest BCUT2D eigenvalue weighted by Gasteiger charge is -2.19. The van der Waals surface area contributed by atoms with E-state index in [0.29, 0.717) is 12.3 Å². The second kappa shape index (κ2) is 5.80. The van der Waals surface area contributed by atoms with Crippen LogP contribution in [-0.4, -0.2) is 17.6 Å². The molecule has 0 bridgehead atoms. The van der Waals surface area contributed by atoms with Gasteiger partial charge in [-0.3, -0.25) is 4.79 Å². The summed E-state index contributed by atoms with van der Waals surface area (Å²) in [6, 6.07) is 6.58. The monoisotopic (exact) mass is 316 g/mol. The van der Waals surface area contributed by atoms with Crippen LogP contribution in [0, 0.1) is 19.7 Å². The largest absolute Gasteiger partial charge is 0.361 e. The zero-order chi connectivity index (χ0) is 16.6. The molecule has 4 nitrogen and oxygen atoms in total. The van der Waals surface area contributed by atoms with E-state index in [1.165, 1.54) is 12.1 Å². The van der Waals surface area contributed by atoms with Gasteiger partial charge in [0.25, 0.3) is 0 Å². The zero-order valence-electron chi connectivity index (χ0n) is 13.6. The van der Waals surface area contributed by atoms with Gasteiger partial charge < -0.3 is 9.84 Å². The molecule has 2 aromatic rings. The molecule has 1 aromatic carbocycles. The van der Waals surface area contributed by atoms with Crippen LogP contribution in [-0.2, 0) is 10.2 Å². The summed E-state index contributed by atoms with van der Waals surface area (Å²) in [5.41, 5.74) is 2.66. The minimum Gasteiger partial charge on any atom is -0.361 e. The van der Waals surface area contributed by atoms with Crippen molar-refractivity contribution in [2.75, 3.05) is 6.54 Å². The van der Waals surface area contributed by atoms with Crippen molar-refractivity contribution in [2.24, 2.45) is 0 Å². The van der Waals surface area contributed by atoms with Crippen LogP contribution >= 0.6 is 0 Å². The highest BCUT2D eigenvalue weighted by Gasteiger charge is 2.44. The molecule has 1 aromatic heterocycles. The van der Waals surface area contributed by atoms with E-state index in [-0.39, 0.29) is 23.1 Å². The molecule has 23 heavy (non-hydrogen) atoms. The van der Waals surface area contributed by atoms with Gasteiger partial charge in [0, 0.05) is 17.5 Å². The summed E-state index contributed by atoms with van der Waals surface area (Å²) in [6.45, 7) is 6.10. The number of amides is 1. The fraction of sp³-hybridized carbons (Fsp3) is 0.444. The van der Waals surface area contributed by atoms with Gasteiger partial charge in [0.15, 0.2) is 0 Å². The Morgan fingerprint density at radius 1 is 1.35 bits per heavy atom. The molecule has 0 aliphatic heterocycles. The minimum atomic E-state index is -0.301. The lowest BCUT2D eigenvalue weighted by atomic mass is 9.94. The average Bonchev–Trinajstić information content (AvgIpc) is 3.25. The molecule has 122 valence electrons. The topological polar surface area (TPSA) is 55.1 Å². The second-order valence-electron chi connectivity index (χ2n) is 6.46. The molecule has 3 rings (SSSR count). The molecule has 1 heterocycles. The fourth-order valence-electron chi connectivity index (χ4n) is 3.17. The van der Waals surface area contributed by atoms with Crippen molar-refractivity contribution in [3.63, 3.8) is 0 Å². The summed E-state index contributed by atoms with van der Waals surface area (Å²) in [4.78, 5) is 12.5. The van der Waals surface area contributed by atoms with Gasteiger partial charge in [-0.25, -0.2) is 4.39 Å². The average molecular weight is 316 g/mol. The number of aryl methyl sites for hydroxylation is 2. The second-order valence-corrected chi connectivity index (χ2v) is 6.46. The van der Waals surface area contributed by atoms with E-state index in [1.807, 2.05) is 32.9 Å². The molecule has 5 heteroatoms. The number of nitrogens with zero attached hydrogens (tertiary/aromatic N) is 1.